The van der Waals surface area contributed by atoms with Crippen LogP contribution in [0.15, 0.2) is 0 Å². The molecule has 0 amide bonds. The summed E-state index contributed by atoms with van der Waals surface area (Å²) in [4.78, 5) is 0. The smallest absolute Gasteiger partial charge is 0.149 e. The molecule has 1 aromatic rings. The Bertz CT molecular complexity index is 264. The third-order valence-corrected chi connectivity index (χ3v) is 1.81. The summed E-state index contributed by atoms with van der Waals surface area (Å²) in [5, 5.41) is 11.1. The van der Waals surface area contributed by atoms with Crippen LogP contribution in [0.2, 0.25) is 0 Å². The molecular weight excluding hydrogens is 142 g/mol. The zero-order chi connectivity index (χ0) is 7.84. The van der Waals surface area contributed by atoms with Gasteiger partial charge in [-0.2, -0.15) is 0 Å². The van der Waals surface area contributed by atoms with Crippen LogP contribution in [-0.4, -0.2) is 21.5 Å². The first-order valence-electron chi connectivity index (χ1n) is 3.72. The Morgan fingerprint density at radius 1 is 1.73 bits per heavy atom. The standard InChI is InChI=1S/C6H11N5/c1-4(7)5-6-8-2-3-11(6)10-9-5/h4,8H,2-3,7H2,1H3. The lowest BCUT2D eigenvalue weighted by atomic mass is 10.2. The highest BCUT2D eigenvalue weighted by atomic mass is 15.5. The van der Waals surface area contributed by atoms with E-state index in [-0.39, 0.29) is 6.04 Å². The molecule has 0 aromatic carbocycles. The van der Waals surface area contributed by atoms with Gasteiger partial charge in [-0.1, -0.05) is 5.21 Å². The van der Waals surface area contributed by atoms with Crippen molar-refractivity contribution in [2.75, 3.05) is 11.9 Å². The average molecular weight is 153 g/mol. The number of nitrogens with one attached hydrogen (secondary N) is 1. The van der Waals surface area contributed by atoms with Crippen LogP contribution in [0.25, 0.3) is 0 Å². The third-order valence-electron chi connectivity index (χ3n) is 1.81. The lowest BCUT2D eigenvalue weighted by Gasteiger charge is -2.01. The van der Waals surface area contributed by atoms with E-state index in [2.05, 4.69) is 15.6 Å². The second-order valence-electron chi connectivity index (χ2n) is 2.76. The molecule has 0 saturated heterocycles. The van der Waals surface area contributed by atoms with E-state index in [1.54, 1.807) is 0 Å². The zero-order valence-corrected chi connectivity index (χ0v) is 6.41. The van der Waals surface area contributed by atoms with Crippen LogP contribution in [0.5, 0.6) is 0 Å². The molecule has 1 aliphatic heterocycles. The van der Waals surface area contributed by atoms with Crippen molar-refractivity contribution in [3.63, 3.8) is 0 Å². The van der Waals surface area contributed by atoms with Crippen LogP contribution in [0.4, 0.5) is 5.82 Å². The topological polar surface area (TPSA) is 68.8 Å². The minimum absolute atomic E-state index is 0.0376. The van der Waals surface area contributed by atoms with Crippen molar-refractivity contribution in [2.45, 2.75) is 19.5 Å². The van der Waals surface area contributed by atoms with E-state index in [4.69, 9.17) is 5.73 Å². The molecule has 1 unspecified atom stereocenters. The van der Waals surface area contributed by atoms with Crippen LogP contribution in [0.1, 0.15) is 18.7 Å². The summed E-state index contributed by atoms with van der Waals surface area (Å²) in [6.45, 7) is 3.74. The van der Waals surface area contributed by atoms with Crippen LogP contribution < -0.4 is 11.1 Å². The number of rotatable bonds is 1. The molecule has 2 rings (SSSR count). The van der Waals surface area contributed by atoms with Crippen LogP contribution in [0, 0.1) is 0 Å². The monoisotopic (exact) mass is 153 g/mol. The molecule has 0 bridgehead atoms. The fourth-order valence-electron chi connectivity index (χ4n) is 1.25. The summed E-state index contributed by atoms with van der Waals surface area (Å²) < 4.78 is 1.85. The second-order valence-corrected chi connectivity index (χ2v) is 2.76. The highest BCUT2D eigenvalue weighted by Gasteiger charge is 2.19. The number of hydrogen-bond acceptors (Lipinski definition) is 4. The van der Waals surface area contributed by atoms with Gasteiger partial charge in [0, 0.05) is 12.6 Å². The van der Waals surface area contributed by atoms with Gasteiger partial charge in [-0.15, -0.1) is 5.10 Å². The average Bonchev–Trinajstić information content (AvgIpc) is 2.41. The number of aromatic nitrogens is 3. The molecule has 2 heterocycles. The summed E-state index contributed by atoms with van der Waals surface area (Å²) >= 11 is 0. The van der Waals surface area contributed by atoms with Gasteiger partial charge in [0.15, 0.2) is 0 Å². The maximum absolute atomic E-state index is 5.68. The largest absolute Gasteiger partial charge is 0.367 e. The predicted molar refractivity (Wildman–Crippen MR) is 41.1 cm³/mol. The number of fused-ring (bicyclic) bond motifs is 1. The molecule has 1 aromatic heterocycles. The Balaban J connectivity index is 2.42. The number of nitrogens with zero attached hydrogens (tertiary/aromatic N) is 3. The van der Waals surface area contributed by atoms with Gasteiger partial charge in [-0.3, -0.25) is 0 Å². The van der Waals surface area contributed by atoms with E-state index in [1.165, 1.54) is 0 Å². The van der Waals surface area contributed by atoms with Gasteiger partial charge in [-0.25, -0.2) is 4.68 Å². The molecule has 60 valence electrons. The maximum atomic E-state index is 5.68. The lowest BCUT2D eigenvalue weighted by molar-refractivity contribution is 0.649. The summed E-state index contributed by atoms with van der Waals surface area (Å²) in [6.07, 6.45) is 0. The summed E-state index contributed by atoms with van der Waals surface area (Å²) in [6, 6.07) is -0.0376. The van der Waals surface area contributed by atoms with Gasteiger partial charge in [-0.05, 0) is 6.92 Å². The van der Waals surface area contributed by atoms with E-state index in [9.17, 15) is 0 Å². The van der Waals surface area contributed by atoms with E-state index in [1.807, 2.05) is 11.6 Å². The highest BCUT2D eigenvalue weighted by Crippen LogP contribution is 2.20. The molecule has 1 aliphatic rings. The molecule has 0 saturated carbocycles. The lowest BCUT2D eigenvalue weighted by Crippen LogP contribution is -2.08. The van der Waals surface area contributed by atoms with Crippen molar-refractivity contribution >= 4 is 5.82 Å². The molecule has 3 N–H and O–H groups in total. The fraction of sp³-hybridized carbons (Fsp3) is 0.667. The van der Waals surface area contributed by atoms with Crippen molar-refractivity contribution in [3.05, 3.63) is 5.69 Å². The maximum Gasteiger partial charge on any atom is 0.149 e. The Morgan fingerprint density at radius 3 is 3.27 bits per heavy atom. The van der Waals surface area contributed by atoms with Crippen molar-refractivity contribution in [1.29, 1.82) is 0 Å². The fourth-order valence-corrected chi connectivity index (χ4v) is 1.25. The molecule has 5 heteroatoms. The van der Waals surface area contributed by atoms with Crippen LogP contribution in [-0.2, 0) is 6.54 Å². The number of anilines is 1. The van der Waals surface area contributed by atoms with Crippen molar-refractivity contribution in [2.24, 2.45) is 5.73 Å². The molecule has 0 aliphatic carbocycles. The van der Waals surface area contributed by atoms with Gasteiger partial charge in [0.25, 0.3) is 0 Å². The summed E-state index contributed by atoms with van der Waals surface area (Å²) in [5.74, 6) is 0.986. The minimum atomic E-state index is -0.0376. The van der Waals surface area contributed by atoms with E-state index >= 15 is 0 Å². The van der Waals surface area contributed by atoms with Crippen molar-refractivity contribution in [3.8, 4) is 0 Å². The third kappa shape index (κ3) is 0.883. The quantitative estimate of drug-likeness (QED) is 0.582. The molecule has 11 heavy (non-hydrogen) atoms. The Hall–Kier alpha value is -1.10. The molecule has 5 nitrogen and oxygen atoms in total. The van der Waals surface area contributed by atoms with E-state index in [0.717, 1.165) is 24.6 Å². The molecule has 0 spiro atoms. The van der Waals surface area contributed by atoms with Gasteiger partial charge in [0.1, 0.15) is 11.5 Å². The van der Waals surface area contributed by atoms with Gasteiger partial charge >= 0.3 is 0 Å². The van der Waals surface area contributed by atoms with Crippen molar-refractivity contribution < 1.29 is 0 Å². The molecule has 1 atom stereocenters. The Morgan fingerprint density at radius 2 is 2.55 bits per heavy atom. The SMILES string of the molecule is CC(N)c1nnn2c1NCC2. The minimum Gasteiger partial charge on any atom is -0.367 e. The van der Waals surface area contributed by atoms with E-state index < -0.39 is 0 Å². The van der Waals surface area contributed by atoms with E-state index in [0.29, 0.717) is 0 Å². The molecule has 0 fully saturated rings. The second kappa shape index (κ2) is 2.20. The van der Waals surface area contributed by atoms with Gasteiger partial charge in [0.2, 0.25) is 0 Å². The predicted octanol–water partition coefficient (Wildman–Crippen LogP) is -0.277. The number of hydrogen-bond donors (Lipinski definition) is 2. The number of nitrogens with two attached hydrogens (primary N) is 1. The van der Waals surface area contributed by atoms with Gasteiger partial charge < -0.3 is 11.1 Å². The Labute approximate surface area is 64.6 Å². The van der Waals surface area contributed by atoms with Gasteiger partial charge in [0.05, 0.1) is 6.54 Å². The first kappa shape index (κ1) is 6.60. The Kier molecular flexibility index (Phi) is 1.32. The molecular formula is C6H11N5. The first-order valence-corrected chi connectivity index (χ1v) is 3.72. The zero-order valence-electron chi connectivity index (χ0n) is 6.41. The highest BCUT2D eigenvalue weighted by molar-refractivity contribution is 5.43. The van der Waals surface area contributed by atoms with Crippen molar-refractivity contribution in [1.82, 2.24) is 15.0 Å². The molecule has 0 radical (unpaired) electrons. The summed E-state index contributed by atoms with van der Waals surface area (Å²) in [7, 11) is 0. The van der Waals surface area contributed by atoms with Crippen LogP contribution >= 0.6 is 0 Å². The normalized spacial score (nSPS) is 17.6. The first-order chi connectivity index (χ1) is 5.29. The van der Waals surface area contributed by atoms with Crippen LogP contribution in [0.3, 0.4) is 0 Å². The summed E-state index contributed by atoms with van der Waals surface area (Å²) in [5.41, 5.74) is 6.54.